The zero-order valence-electron chi connectivity index (χ0n) is 21.4. The molecule has 2 amide bonds. The summed E-state index contributed by atoms with van der Waals surface area (Å²) in [5, 5.41) is 3.34. The van der Waals surface area contributed by atoms with Crippen LogP contribution >= 0.6 is 11.6 Å². The van der Waals surface area contributed by atoms with Gasteiger partial charge in [0.25, 0.3) is 0 Å². The van der Waals surface area contributed by atoms with Gasteiger partial charge in [-0.25, -0.2) is 8.42 Å². The molecular weight excluding hydrogens is 518 g/mol. The zero-order chi connectivity index (χ0) is 27.0. The molecule has 0 unspecified atom stereocenters. The van der Waals surface area contributed by atoms with Gasteiger partial charge >= 0.3 is 0 Å². The van der Waals surface area contributed by atoms with Crippen molar-refractivity contribution in [1.82, 2.24) is 10.2 Å². The smallest absolute Gasteiger partial charge is 0.242 e. The number of ether oxygens (including phenoxy) is 2. The summed E-state index contributed by atoms with van der Waals surface area (Å²) < 4.78 is 37.5. The van der Waals surface area contributed by atoms with E-state index in [-0.39, 0.29) is 37.7 Å². The molecule has 9 nitrogen and oxygen atoms in total. The molecule has 1 heterocycles. The predicted molar refractivity (Wildman–Crippen MR) is 144 cm³/mol. The average molecular weight is 552 g/mol. The van der Waals surface area contributed by atoms with Crippen LogP contribution in [0.1, 0.15) is 38.7 Å². The van der Waals surface area contributed by atoms with Crippen molar-refractivity contribution in [3.63, 3.8) is 0 Å². The van der Waals surface area contributed by atoms with Crippen LogP contribution in [0.2, 0.25) is 5.02 Å². The highest BCUT2D eigenvalue weighted by Gasteiger charge is 2.27. The van der Waals surface area contributed by atoms with Crippen molar-refractivity contribution in [2.24, 2.45) is 0 Å². The molecule has 0 spiro atoms. The van der Waals surface area contributed by atoms with Gasteiger partial charge in [-0.15, -0.1) is 0 Å². The molecule has 0 radical (unpaired) electrons. The summed E-state index contributed by atoms with van der Waals surface area (Å²) in [6.45, 7) is 5.21. The Hall–Kier alpha value is -2.98. The summed E-state index contributed by atoms with van der Waals surface area (Å²) in [4.78, 5) is 27.5. The molecule has 2 aromatic carbocycles. The normalized spacial score (nSPS) is 13.5. The van der Waals surface area contributed by atoms with E-state index in [0.29, 0.717) is 42.0 Å². The highest BCUT2D eigenvalue weighted by molar-refractivity contribution is 7.92. The zero-order valence-corrected chi connectivity index (χ0v) is 23.0. The molecular formula is C26H34ClN3O6S. The quantitative estimate of drug-likeness (QED) is 0.432. The van der Waals surface area contributed by atoms with E-state index < -0.39 is 16.1 Å². The Bertz CT molecular complexity index is 1210. The number of anilines is 1. The second-order valence-electron chi connectivity index (χ2n) is 8.85. The maximum absolute atomic E-state index is 13.3. The van der Waals surface area contributed by atoms with Gasteiger partial charge in [-0.2, -0.15) is 0 Å². The number of amides is 2. The van der Waals surface area contributed by atoms with Crippen LogP contribution in [0, 0.1) is 0 Å². The number of halogens is 1. The summed E-state index contributed by atoms with van der Waals surface area (Å²) in [6.07, 6.45) is 2.20. The molecule has 0 saturated carbocycles. The summed E-state index contributed by atoms with van der Waals surface area (Å²) in [6, 6.07) is 11.4. The first-order valence-corrected chi connectivity index (χ1v) is 14.5. The van der Waals surface area contributed by atoms with Gasteiger partial charge in [0, 0.05) is 37.1 Å². The molecule has 0 fully saturated rings. The van der Waals surface area contributed by atoms with Crippen molar-refractivity contribution in [3.05, 3.63) is 53.1 Å². The average Bonchev–Trinajstić information content (AvgIpc) is 2.87. The molecule has 3 rings (SSSR count). The maximum atomic E-state index is 13.3. The van der Waals surface area contributed by atoms with E-state index in [9.17, 15) is 18.0 Å². The van der Waals surface area contributed by atoms with Crippen LogP contribution in [0.25, 0.3) is 0 Å². The first-order chi connectivity index (χ1) is 17.6. The van der Waals surface area contributed by atoms with Crippen LogP contribution in [0.3, 0.4) is 0 Å². The van der Waals surface area contributed by atoms with Crippen LogP contribution in [0.4, 0.5) is 5.69 Å². The van der Waals surface area contributed by atoms with Gasteiger partial charge in [-0.1, -0.05) is 36.7 Å². The van der Waals surface area contributed by atoms with E-state index in [1.807, 2.05) is 19.1 Å². The minimum atomic E-state index is -3.63. The summed E-state index contributed by atoms with van der Waals surface area (Å²) in [5.74, 6) is 0.515. The van der Waals surface area contributed by atoms with E-state index in [2.05, 4.69) is 5.32 Å². The summed E-state index contributed by atoms with van der Waals surface area (Å²) >= 11 is 6.32. The Balaban J connectivity index is 1.73. The minimum absolute atomic E-state index is 0.0480. The van der Waals surface area contributed by atoms with Crippen molar-refractivity contribution in [1.29, 1.82) is 0 Å². The number of carbonyl (C=O) groups is 2. The van der Waals surface area contributed by atoms with Crippen LogP contribution in [-0.4, -0.2) is 63.7 Å². The second-order valence-corrected chi connectivity index (χ2v) is 11.2. The standard InChI is InChI=1S/C26H34ClN3O6S/c1-4-13-28-26(32)19(2)29(18-20-8-5-6-9-22(20)27)25(31)10-7-14-30(37(3,33)34)21-11-12-23-24(17-21)36-16-15-35-23/h5-6,8-9,11-12,17,19H,4,7,10,13-16,18H2,1-3H3,(H,28,32)/t19-/m0/s1. The van der Waals surface area contributed by atoms with Gasteiger partial charge in [0.2, 0.25) is 21.8 Å². The van der Waals surface area contributed by atoms with Crippen molar-refractivity contribution in [2.75, 3.05) is 36.9 Å². The van der Waals surface area contributed by atoms with Gasteiger partial charge in [0.1, 0.15) is 19.3 Å². The number of nitrogens with one attached hydrogen (secondary N) is 1. The molecule has 1 aliphatic rings. The lowest BCUT2D eigenvalue weighted by molar-refractivity contribution is -0.140. The monoisotopic (exact) mass is 551 g/mol. The maximum Gasteiger partial charge on any atom is 0.242 e. The number of sulfonamides is 1. The first-order valence-electron chi connectivity index (χ1n) is 12.3. The van der Waals surface area contributed by atoms with Crippen molar-refractivity contribution in [3.8, 4) is 11.5 Å². The van der Waals surface area contributed by atoms with Crippen molar-refractivity contribution in [2.45, 2.75) is 45.7 Å². The lowest BCUT2D eigenvalue weighted by atomic mass is 10.1. The second kappa shape index (κ2) is 13.0. The number of carbonyl (C=O) groups excluding carboxylic acids is 2. The predicted octanol–water partition coefficient (Wildman–Crippen LogP) is 3.60. The third-order valence-electron chi connectivity index (χ3n) is 5.98. The molecule has 1 N–H and O–H groups in total. The third-order valence-corrected chi connectivity index (χ3v) is 7.54. The molecule has 0 saturated heterocycles. The number of benzene rings is 2. The van der Waals surface area contributed by atoms with E-state index in [1.165, 1.54) is 9.21 Å². The number of nitrogens with zero attached hydrogens (tertiary/aromatic N) is 2. The number of hydrogen-bond acceptors (Lipinski definition) is 6. The van der Waals surface area contributed by atoms with E-state index in [4.69, 9.17) is 21.1 Å². The first kappa shape index (κ1) is 28.6. The molecule has 0 aromatic heterocycles. The fourth-order valence-corrected chi connectivity index (χ4v) is 5.13. The van der Waals surface area contributed by atoms with Crippen LogP contribution in [-0.2, 0) is 26.2 Å². The van der Waals surface area contributed by atoms with Gasteiger partial charge in [-0.3, -0.25) is 13.9 Å². The molecule has 37 heavy (non-hydrogen) atoms. The van der Waals surface area contributed by atoms with Crippen molar-refractivity contribution >= 4 is 39.1 Å². The topological polar surface area (TPSA) is 105 Å². The van der Waals surface area contributed by atoms with E-state index in [1.54, 1.807) is 37.3 Å². The Kier molecular flexibility index (Phi) is 10.0. The largest absolute Gasteiger partial charge is 0.486 e. The minimum Gasteiger partial charge on any atom is -0.486 e. The molecule has 11 heteroatoms. The molecule has 1 atom stereocenters. The SMILES string of the molecule is CCCNC(=O)[C@H](C)N(Cc1ccccc1Cl)C(=O)CCCN(c1ccc2c(c1)OCCO2)S(C)(=O)=O. The highest BCUT2D eigenvalue weighted by Crippen LogP contribution is 2.34. The molecule has 202 valence electrons. The van der Waals surface area contributed by atoms with Crippen LogP contribution < -0.4 is 19.1 Å². The lowest BCUT2D eigenvalue weighted by Gasteiger charge is -2.30. The molecule has 0 aliphatic carbocycles. The number of rotatable bonds is 12. The van der Waals surface area contributed by atoms with E-state index >= 15 is 0 Å². The molecule has 0 bridgehead atoms. The highest BCUT2D eigenvalue weighted by atomic mass is 35.5. The Morgan fingerprint density at radius 2 is 1.81 bits per heavy atom. The third kappa shape index (κ3) is 7.75. The van der Waals surface area contributed by atoms with Gasteiger partial charge < -0.3 is 19.7 Å². The fraction of sp³-hybridized carbons (Fsp3) is 0.462. The van der Waals surface area contributed by atoms with Crippen molar-refractivity contribution < 1.29 is 27.5 Å². The van der Waals surface area contributed by atoms with Gasteiger partial charge in [0.05, 0.1) is 11.9 Å². The fourth-order valence-electron chi connectivity index (χ4n) is 3.98. The Labute approximate surface area is 223 Å². The molecule has 2 aromatic rings. The molecule has 1 aliphatic heterocycles. The summed E-state index contributed by atoms with van der Waals surface area (Å²) in [7, 11) is -3.63. The number of fused-ring (bicyclic) bond motifs is 1. The summed E-state index contributed by atoms with van der Waals surface area (Å²) in [5.41, 5.74) is 1.15. The van der Waals surface area contributed by atoms with Gasteiger partial charge in [0.15, 0.2) is 11.5 Å². The van der Waals surface area contributed by atoms with Crippen LogP contribution in [0.15, 0.2) is 42.5 Å². The Morgan fingerprint density at radius 3 is 2.49 bits per heavy atom. The number of hydrogen-bond donors (Lipinski definition) is 1. The van der Waals surface area contributed by atoms with Gasteiger partial charge in [-0.05, 0) is 43.5 Å². The lowest BCUT2D eigenvalue weighted by Crippen LogP contribution is -2.48. The Morgan fingerprint density at radius 1 is 1.11 bits per heavy atom. The van der Waals surface area contributed by atoms with E-state index in [0.717, 1.165) is 18.2 Å². The van der Waals surface area contributed by atoms with Crippen LogP contribution in [0.5, 0.6) is 11.5 Å².